The highest BCUT2D eigenvalue weighted by Gasteiger charge is 2.43. The van der Waals surface area contributed by atoms with Crippen LogP contribution >= 0.6 is 0 Å². The van der Waals surface area contributed by atoms with Crippen LogP contribution in [0.15, 0.2) is 6.20 Å². The summed E-state index contributed by atoms with van der Waals surface area (Å²) in [7, 11) is 0. The van der Waals surface area contributed by atoms with Gasteiger partial charge >= 0.3 is 0 Å². The van der Waals surface area contributed by atoms with E-state index in [0.29, 0.717) is 12.6 Å². The standard InChI is InChI=1S/C15H23N3O2/c1-2-3-4-7-20-10-15(19)18-11-5-6-14(18)12-9-16-17-13(12)8-11/h9,11,14H,2-8,10H2,1H3,(H,16,17). The Bertz CT molecular complexity index is 471. The predicted molar refractivity (Wildman–Crippen MR) is 75.2 cm³/mol. The second kappa shape index (κ2) is 5.95. The number of unbranched alkanes of at least 4 members (excludes halogenated alkanes) is 2. The molecule has 110 valence electrons. The Balaban J connectivity index is 1.57. The Labute approximate surface area is 119 Å². The van der Waals surface area contributed by atoms with Gasteiger partial charge < -0.3 is 9.64 Å². The summed E-state index contributed by atoms with van der Waals surface area (Å²) in [5.41, 5.74) is 2.42. The Kier molecular flexibility index (Phi) is 4.05. The molecule has 2 unspecified atom stereocenters. The van der Waals surface area contributed by atoms with Crippen molar-refractivity contribution < 1.29 is 9.53 Å². The molecule has 1 saturated heterocycles. The minimum Gasteiger partial charge on any atom is -0.372 e. The average Bonchev–Trinajstić information content (AvgIpc) is 3.03. The van der Waals surface area contributed by atoms with Crippen molar-refractivity contribution in [2.24, 2.45) is 0 Å². The third-order valence-electron chi connectivity index (χ3n) is 4.46. The van der Waals surface area contributed by atoms with Gasteiger partial charge in [0.05, 0.1) is 12.2 Å². The van der Waals surface area contributed by atoms with Crippen molar-refractivity contribution in [2.45, 2.75) is 57.5 Å². The summed E-state index contributed by atoms with van der Waals surface area (Å²) in [5, 5.41) is 7.18. The second-order valence-electron chi connectivity index (χ2n) is 5.82. The lowest BCUT2D eigenvalue weighted by molar-refractivity contribution is -0.139. The van der Waals surface area contributed by atoms with Gasteiger partial charge in [-0.25, -0.2) is 0 Å². The Hall–Kier alpha value is -1.36. The summed E-state index contributed by atoms with van der Waals surface area (Å²) >= 11 is 0. The van der Waals surface area contributed by atoms with Crippen LogP contribution in [0.1, 0.15) is 56.3 Å². The monoisotopic (exact) mass is 277 g/mol. The van der Waals surface area contributed by atoms with Gasteiger partial charge in [0.25, 0.3) is 0 Å². The van der Waals surface area contributed by atoms with Crippen molar-refractivity contribution in [3.63, 3.8) is 0 Å². The van der Waals surface area contributed by atoms with E-state index in [2.05, 4.69) is 17.1 Å². The molecule has 5 heteroatoms. The number of carbonyl (C=O) groups is 1. The van der Waals surface area contributed by atoms with Gasteiger partial charge in [0, 0.05) is 30.3 Å². The van der Waals surface area contributed by atoms with Gasteiger partial charge in [-0.1, -0.05) is 19.8 Å². The zero-order valence-electron chi connectivity index (χ0n) is 12.1. The lowest BCUT2D eigenvalue weighted by Crippen LogP contribution is -2.43. The van der Waals surface area contributed by atoms with Crippen LogP contribution < -0.4 is 0 Å². The molecule has 3 heterocycles. The molecule has 0 radical (unpaired) electrons. The molecule has 0 aliphatic carbocycles. The number of hydrogen-bond donors (Lipinski definition) is 1. The van der Waals surface area contributed by atoms with E-state index in [-0.39, 0.29) is 18.6 Å². The third-order valence-corrected chi connectivity index (χ3v) is 4.46. The summed E-state index contributed by atoms with van der Waals surface area (Å²) in [6.07, 6.45) is 8.33. The highest BCUT2D eigenvalue weighted by molar-refractivity contribution is 5.79. The third kappa shape index (κ3) is 2.46. The fourth-order valence-corrected chi connectivity index (χ4v) is 3.46. The van der Waals surface area contributed by atoms with E-state index in [0.717, 1.165) is 25.7 Å². The van der Waals surface area contributed by atoms with Crippen LogP contribution in [-0.4, -0.2) is 40.3 Å². The van der Waals surface area contributed by atoms with Crippen LogP contribution in [-0.2, 0) is 16.0 Å². The maximum Gasteiger partial charge on any atom is 0.249 e. The molecule has 1 fully saturated rings. The van der Waals surface area contributed by atoms with Crippen molar-refractivity contribution >= 4 is 5.91 Å². The summed E-state index contributed by atoms with van der Waals surface area (Å²) in [5.74, 6) is 0.140. The molecule has 1 N–H and O–H groups in total. The average molecular weight is 277 g/mol. The Morgan fingerprint density at radius 2 is 2.40 bits per heavy atom. The SMILES string of the molecule is CCCCCOCC(=O)N1C2CCC1c1cn[nH]c1C2. The second-order valence-corrected chi connectivity index (χ2v) is 5.82. The van der Waals surface area contributed by atoms with Crippen molar-refractivity contribution in [1.29, 1.82) is 0 Å². The quantitative estimate of drug-likeness (QED) is 0.811. The fourth-order valence-electron chi connectivity index (χ4n) is 3.46. The van der Waals surface area contributed by atoms with E-state index in [1.165, 1.54) is 24.1 Å². The van der Waals surface area contributed by atoms with Crippen LogP contribution in [0.4, 0.5) is 0 Å². The van der Waals surface area contributed by atoms with Gasteiger partial charge in [-0.15, -0.1) is 0 Å². The predicted octanol–water partition coefficient (Wildman–Crippen LogP) is 2.20. The van der Waals surface area contributed by atoms with Gasteiger partial charge in [-0.3, -0.25) is 9.89 Å². The molecule has 1 aromatic heterocycles. The first-order valence-electron chi connectivity index (χ1n) is 7.72. The van der Waals surface area contributed by atoms with Crippen molar-refractivity contribution in [3.05, 3.63) is 17.5 Å². The molecule has 1 amide bonds. The van der Waals surface area contributed by atoms with E-state index in [1.807, 2.05) is 11.1 Å². The molecular formula is C15H23N3O2. The minimum absolute atomic E-state index is 0.140. The number of ether oxygens (including phenoxy) is 1. The Morgan fingerprint density at radius 1 is 1.50 bits per heavy atom. The lowest BCUT2D eigenvalue weighted by Gasteiger charge is -2.34. The zero-order chi connectivity index (χ0) is 13.9. The zero-order valence-corrected chi connectivity index (χ0v) is 12.1. The molecule has 2 bridgehead atoms. The van der Waals surface area contributed by atoms with E-state index in [9.17, 15) is 4.79 Å². The number of nitrogens with one attached hydrogen (secondary N) is 1. The first kappa shape index (κ1) is 13.6. The molecule has 2 aliphatic heterocycles. The lowest BCUT2D eigenvalue weighted by atomic mass is 10.0. The van der Waals surface area contributed by atoms with Crippen LogP contribution in [0.3, 0.4) is 0 Å². The molecule has 2 aliphatic rings. The molecule has 5 nitrogen and oxygen atoms in total. The maximum absolute atomic E-state index is 12.4. The Morgan fingerprint density at radius 3 is 3.25 bits per heavy atom. The molecule has 3 rings (SSSR count). The number of fused-ring (bicyclic) bond motifs is 4. The van der Waals surface area contributed by atoms with E-state index >= 15 is 0 Å². The number of aromatic amines is 1. The largest absolute Gasteiger partial charge is 0.372 e. The van der Waals surface area contributed by atoms with Crippen LogP contribution in [0.25, 0.3) is 0 Å². The summed E-state index contributed by atoms with van der Waals surface area (Å²) in [4.78, 5) is 14.4. The van der Waals surface area contributed by atoms with Crippen molar-refractivity contribution in [2.75, 3.05) is 13.2 Å². The number of amides is 1. The molecule has 0 aromatic carbocycles. The fraction of sp³-hybridized carbons (Fsp3) is 0.733. The smallest absolute Gasteiger partial charge is 0.249 e. The number of hydrogen-bond acceptors (Lipinski definition) is 3. The molecule has 1 aromatic rings. The van der Waals surface area contributed by atoms with Crippen LogP contribution in [0.2, 0.25) is 0 Å². The van der Waals surface area contributed by atoms with E-state index in [1.54, 1.807) is 0 Å². The van der Waals surface area contributed by atoms with Gasteiger partial charge in [-0.05, 0) is 19.3 Å². The maximum atomic E-state index is 12.4. The summed E-state index contributed by atoms with van der Waals surface area (Å²) in [6, 6.07) is 0.550. The number of nitrogens with zero attached hydrogens (tertiary/aromatic N) is 2. The van der Waals surface area contributed by atoms with Crippen molar-refractivity contribution in [3.8, 4) is 0 Å². The molecule has 20 heavy (non-hydrogen) atoms. The number of H-pyrrole nitrogens is 1. The van der Waals surface area contributed by atoms with Gasteiger partial charge in [0.2, 0.25) is 5.91 Å². The molecular weight excluding hydrogens is 254 g/mol. The molecule has 0 spiro atoms. The van der Waals surface area contributed by atoms with Gasteiger partial charge in [0.1, 0.15) is 6.61 Å². The summed E-state index contributed by atoms with van der Waals surface area (Å²) < 4.78 is 5.53. The van der Waals surface area contributed by atoms with Crippen LogP contribution in [0.5, 0.6) is 0 Å². The molecule has 0 saturated carbocycles. The number of rotatable bonds is 6. The first-order valence-corrected chi connectivity index (χ1v) is 7.72. The first-order chi connectivity index (χ1) is 9.81. The van der Waals surface area contributed by atoms with E-state index < -0.39 is 0 Å². The van der Waals surface area contributed by atoms with Crippen molar-refractivity contribution in [1.82, 2.24) is 15.1 Å². The van der Waals surface area contributed by atoms with Crippen LogP contribution in [0, 0.1) is 0 Å². The molecule has 2 atom stereocenters. The summed E-state index contributed by atoms with van der Waals surface area (Å²) in [6.45, 7) is 3.09. The van der Waals surface area contributed by atoms with Gasteiger partial charge in [-0.2, -0.15) is 5.10 Å². The van der Waals surface area contributed by atoms with Gasteiger partial charge in [0.15, 0.2) is 0 Å². The normalized spacial score (nSPS) is 23.9. The highest BCUT2D eigenvalue weighted by atomic mass is 16.5. The highest BCUT2D eigenvalue weighted by Crippen LogP contribution is 2.42. The number of carbonyl (C=O) groups excluding carboxylic acids is 1. The number of aromatic nitrogens is 2. The van der Waals surface area contributed by atoms with E-state index in [4.69, 9.17) is 4.74 Å². The minimum atomic E-state index is 0.140. The topological polar surface area (TPSA) is 58.2 Å².